The molecule has 1 aromatic heterocycles. The molecule has 2 aliphatic heterocycles. The number of halogens is 6. The van der Waals surface area contributed by atoms with E-state index in [-0.39, 0.29) is 18.4 Å². The van der Waals surface area contributed by atoms with Crippen LogP contribution in [-0.2, 0) is 23.6 Å². The Balaban J connectivity index is 1.41. The molecule has 2 aromatic rings. The maximum absolute atomic E-state index is 13.5. The number of rotatable bonds is 7. The second-order valence-electron chi connectivity index (χ2n) is 11.6. The van der Waals surface area contributed by atoms with Crippen LogP contribution in [0, 0.1) is 5.92 Å². The lowest BCUT2D eigenvalue weighted by atomic mass is 9.83. The minimum Gasteiger partial charge on any atom is -0.370 e. The van der Waals surface area contributed by atoms with Gasteiger partial charge in [0, 0.05) is 37.3 Å². The molecule has 0 amide bonds. The van der Waals surface area contributed by atoms with E-state index in [1.165, 1.54) is 12.8 Å². The second kappa shape index (κ2) is 12.0. The van der Waals surface area contributed by atoms with Gasteiger partial charge in [0.2, 0.25) is 0 Å². The summed E-state index contributed by atoms with van der Waals surface area (Å²) in [7, 11) is 0. The number of nitrogens with one attached hydrogen (secondary N) is 1. The number of nitrogens with zero attached hydrogens (tertiary/aromatic N) is 3. The van der Waals surface area contributed by atoms with Crippen molar-refractivity contribution in [1.29, 1.82) is 0 Å². The fraction of sp³-hybridized carbons (Fsp3) is 0.633. The largest absolute Gasteiger partial charge is 0.416 e. The third kappa shape index (κ3) is 6.77. The van der Waals surface area contributed by atoms with E-state index < -0.39 is 35.6 Å². The molecule has 11 heteroatoms. The molecular formula is C30H38F6N4O. The van der Waals surface area contributed by atoms with Crippen molar-refractivity contribution in [1.82, 2.24) is 9.88 Å². The summed E-state index contributed by atoms with van der Waals surface area (Å²) in [6.07, 6.45) is -0.927. The molecule has 2 saturated heterocycles. The number of hydrogen-bond donors (Lipinski definition) is 1. The predicted octanol–water partition coefficient (Wildman–Crippen LogP) is 8.02. The molecule has 3 aliphatic rings. The maximum atomic E-state index is 13.5. The van der Waals surface area contributed by atoms with E-state index in [0.717, 1.165) is 74.4 Å². The zero-order valence-corrected chi connectivity index (χ0v) is 23.5. The van der Waals surface area contributed by atoms with Gasteiger partial charge in [-0.25, -0.2) is 4.98 Å². The van der Waals surface area contributed by atoms with Crippen LogP contribution in [0.1, 0.15) is 87.2 Å². The molecule has 226 valence electrons. The van der Waals surface area contributed by atoms with Crippen molar-refractivity contribution in [2.24, 2.45) is 5.92 Å². The Morgan fingerprint density at radius 3 is 2.22 bits per heavy atom. The number of hydrogen-bond acceptors (Lipinski definition) is 5. The van der Waals surface area contributed by atoms with Crippen molar-refractivity contribution in [2.45, 2.75) is 95.9 Å². The third-order valence-electron chi connectivity index (χ3n) is 8.92. The Morgan fingerprint density at radius 2 is 1.59 bits per heavy atom. The smallest absolute Gasteiger partial charge is 0.370 e. The molecule has 1 aromatic carbocycles. The van der Waals surface area contributed by atoms with E-state index in [2.05, 4.69) is 23.2 Å². The molecule has 1 saturated carbocycles. The van der Waals surface area contributed by atoms with Crippen molar-refractivity contribution in [2.75, 3.05) is 30.0 Å². The lowest BCUT2D eigenvalue weighted by Crippen LogP contribution is -2.34. The van der Waals surface area contributed by atoms with Gasteiger partial charge >= 0.3 is 12.4 Å². The van der Waals surface area contributed by atoms with E-state index in [1.807, 2.05) is 11.1 Å². The van der Waals surface area contributed by atoms with Gasteiger partial charge in [-0.15, -0.1) is 0 Å². The van der Waals surface area contributed by atoms with Gasteiger partial charge < -0.3 is 15.0 Å². The van der Waals surface area contributed by atoms with Crippen LogP contribution in [0.4, 0.5) is 37.8 Å². The minimum atomic E-state index is -4.91. The molecule has 5 rings (SSSR count). The average molecular weight is 585 g/mol. The molecule has 1 N–H and O–H groups in total. The summed E-state index contributed by atoms with van der Waals surface area (Å²) in [5.74, 6) is 1.34. The predicted molar refractivity (Wildman–Crippen MR) is 145 cm³/mol. The lowest BCUT2D eigenvalue weighted by Gasteiger charge is -2.33. The SMILES string of the molecule is CCC1CCCCC1Nc1ncc(N2CCCC2)cc1CN1CO[C@H](c2cc(C(F)(F)F)cc(C(F)(F)F)c2)[C@@H]1C. The highest BCUT2D eigenvalue weighted by Gasteiger charge is 2.40. The van der Waals surface area contributed by atoms with E-state index in [0.29, 0.717) is 18.5 Å². The first-order chi connectivity index (χ1) is 19.4. The Hall–Kier alpha value is -2.53. The summed E-state index contributed by atoms with van der Waals surface area (Å²) in [4.78, 5) is 9.08. The zero-order chi connectivity index (χ0) is 29.4. The van der Waals surface area contributed by atoms with Gasteiger partial charge in [0.15, 0.2) is 0 Å². The van der Waals surface area contributed by atoms with E-state index in [4.69, 9.17) is 9.72 Å². The van der Waals surface area contributed by atoms with Crippen LogP contribution < -0.4 is 10.2 Å². The average Bonchev–Trinajstić information content (AvgIpc) is 3.59. The van der Waals surface area contributed by atoms with Gasteiger partial charge in [-0.3, -0.25) is 4.90 Å². The number of aromatic nitrogens is 1. The number of benzene rings is 1. The van der Waals surface area contributed by atoms with Gasteiger partial charge in [-0.2, -0.15) is 26.3 Å². The minimum absolute atomic E-state index is 0.0812. The highest BCUT2D eigenvalue weighted by Crippen LogP contribution is 2.41. The van der Waals surface area contributed by atoms with E-state index >= 15 is 0 Å². The molecule has 3 fully saturated rings. The Labute approximate surface area is 237 Å². The molecule has 3 heterocycles. The third-order valence-corrected chi connectivity index (χ3v) is 8.92. The Bertz CT molecular complexity index is 1160. The molecule has 41 heavy (non-hydrogen) atoms. The number of ether oxygens (including phenoxy) is 1. The summed E-state index contributed by atoms with van der Waals surface area (Å²) < 4.78 is 86.9. The van der Waals surface area contributed by atoms with Gasteiger partial charge in [0.25, 0.3) is 0 Å². The van der Waals surface area contributed by atoms with Crippen LogP contribution >= 0.6 is 0 Å². The van der Waals surface area contributed by atoms with Crippen molar-refractivity contribution >= 4 is 11.5 Å². The molecule has 1 aliphatic carbocycles. The molecule has 4 atom stereocenters. The lowest BCUT2D eigenvalue weighted by molar-refractivity contribution is -0.143. The first-order valence-electron chi connectivity index (χ1n) is 14.6. The highest BCUT2D eigenvalue weighted by atomic mass is 19.4. The normalized spacial score (nSPS) is 26.1. The number of alkyl halides is 6. The molecular weight excluding hydrogens is 546 g/mol. The van der Waals surface area contributed by atoms with Gasteiger partial charge in [0.1, 0.15) is 12.5 Å². The standard InChI is InChI=1S/C30H38F6N4O/c1-3-20-8-4-5-9-26(20)38-28-22(14-25(16-37-28)39-10-6-7-11-39)17-40-18-41-27(19(40)2)21-12-23(29(31,32)33)15-24(13-21)30(34,35)36/h12-16,19-20,26-27H,3-11,17-18H2,1-2H3,(H,37,38)/t19-,20?,26?,27-/m0/s1. The van der Waals surface area contributed by atoms with Crippen molar-refractivity contribution in [3.63, 3.8) is 0 Å². The van der Waals surface area contributed by atoms with E-state index in [1.54, 1.807) is 6.92 Å². The summed E-state index contributed by atoms with van der Waals surface area (Å²) in [5, 5.41) is 3.70. The monoisotopic (exact) mass is 584 g/mol. The van der Waals surface area contributed by atoms with E-state index in [9.17, 15) is 26.3 Å². The van der Waals surface area contributed by atoms with Crippen LogP contribution in [0.5, 0.6) is 0 Å². The molecule has 0 bridgehead atoms. The Morgan fingerprint density at radius 1 is 0.927 bits per heavy atom. The summed E-state index contributed by atoms with van der Waals surface area (Å²) >= 11 is 0. The van der Waals surface area contributed by atoms with Gasteiger partial charge in [-0.1, -0.05) is 26.2 Å². The summed E-state index contributed by atoms with van der Waals surface area (Å²) in [6.45, 7) is 6.38. The van der Waals surface area contributed by atoms with Crippen molar-refractivity contribution in [3.05, 3.63) is 52.7 Å². The zero-order valence-electron chi connectivity index (χ0n) is 23.5. The van der Waals surface area contributed by atoms with Crippen LogP contribution in [0.3, 0.4) is 0 Å². The second-order valence-corrected chi connectivity index (χ2v) is 11.6. The molecule has 0 spiro atoms. The quantitative estimate of drug-likeness (QED) is 0.334. The highest BCUT2D eigenvalue weighted by molar-refractivity contribution is 5.56. The molecule has 5 nitrogen and oxygen atoms in total. The van der Waals surface area contributed by atoms with Crippen LogP contribution in [0.2, 0.25) is 0 Å². The van der Waals surface area contributed by atoms with Crippen molar-refractivity contribution in [3.8, 4) is 0 Å². The maximum Gasteiger partial charge on any atom is 0.416 e. The Kier molecular flexibility index (Phi) is 8.76. The van der Waals surface area contributed by atoms with Crippen molar-refractivity contribution < 1.29 is 31.1 Å². The molecule has 2 unspecified atom stereocenters. The first-order valence-corrected chi connectivity index (χ1v) is 14.6. The van der Waals surface area contributed by atoms with Crippen LogP contribution in [0.15, 0.2) is 30.5 Å². The number of pyridine rings is 1. The summed E-state index contributed by atoms with van der Waals surface area (Å²) in [6, 6.07) is 3.68. The fourth-order valence-corrected chi connectivity index (χ4v) is 6.51. The topological polar surface area (TPSA) is 40.6 Å². The van der Waals surface area contributed by atoms with Crippen LogP contribution in [-0.4, -0.2) is 41.8 Å². The summed E-state index contributed by atoms with van der Waals surface area (Å²) in [5.41, 5.74) is -0.814. The number of anilines is 2. The van der Waals surface area contributed by atoms with Gasteiger partial charge in [-0.05, 0) is 68.4 Å². The molecule has 0 radical (unpaired) electrons. The van der Waals surface area contributed by atoms with Crippen LogP contribution in [0.25, 0.3) is 0 Å². The van der Waals surface area contributed by atoms with Gasteiger partial charge in [0.05, 0.1) is 29.1 Å². The first kappa shape index (κ1) is 29.9. The fourth-order valence-electron chi connectivity index (χ4n) is 6.51.